The monoisotopic (exact) mass is 407 g/mol. The van der Waals surface area contributed by atoms with Gasteiger partial charge < -0.3 is 0 Å². The molecule has 0 aliphatic rings. The quantitative estimate of drug-likeness (QED) is 0.802. The van der Waals surface area contributed by atoms with Gasteiger partial charge in [0, 0.05) is 21.1 Å². The van der Waals surface area contributed by atoms with Crippen molar-refractivity contribution in [1.82, 2.24) is 4.72 Å². The Labute approximate surface area is 142 Å². The van der Waals surface area contributed by atoms with E-state index in [2.05, 4.69) is 20.7 Å². The lowest BCUT2D eigenvalue weighted by Crippen LogP contribution is -2.26. The fourth-order valence-electron chi connectivity index (χ4n) is 1.76. The molecule has 0 aromatic heterocycles. The van der Waals surface area contributed by atoms with Crippen molar-refractivity contribution in [2.24, 2.45) is 0 Å². The summed E-state index contributed by atoms with van der Waals surface area (Å²) in [7, 11) is -3.52. The van der Waals surface area contributed by atoms with Gasteiger partial charge in [0.25, 0.3) is 0 Å². The third-order valence-corrected chi connectivity index (χ3v) is 5.35. The lowest BCUT2D eigenvalue weighted by Gasteiger charge is -2.08. The maximum Gasteiger partial charge on any atom is 0.240 e. The molecule has 7 heteroatoms. The van der Waals surface area contributed by atoms with E-state index in [4.69, 9.17) is 23.2 Å². The normalized spacial score (nSPS) is 11.6. The average molecular weight is 409 g/mol. The molecule has 0 unspecified atom stereocenters. The van der Waals surface area contributed by atoms with Gasteiger partial charge in [-0.2, -0.15) is 0 Å². The first kappa shape index (κ1) is 16.8. The van der Waals surface area contributed by atoms with Crippen LogP contribution < -0.4 is 4.72 Å². The Kier molecular flexibility index (Phi) is 5.68. The van der Waals surface area contributed by atoms with Crippen molar-refractivity contribution in [2.75, 3.05) is 6.54 Å². The number of rotatable bonds is 5. The van der Waals surface area contributed by atoms with Crippen LogP contribution in [0.1, 0.15) is 5.56 Å². The summed E-state index contributed by atoms with van der Waals surface area (Å²) in [6.07, 6.45) is 0.489. The molecule has 0 bridgehead atoms. The number of benzene rings is 2. The summed E-state index contributed by atoms with van der Waals surface area (Å²) in [6, 6.07) is 11.7. The first-order chi connectivity index (χ1) is 9.88. The molecule has 0 fully saturated rings. The van der Waals surface area contributed by atoms with Crippen LogP contribution in [0.4, 0.5) is 0 Å². The van der Waals surface area contributed by atoms with Crippen LogP contribution in [0.25, 0.3) is 0 Å². The fourth-order valence-corrected chi connectivity index (χ4v) is 3.89. The lowest BCUT2D eigenvalue weighted by molar-refractivity contribution is 0.581. The summed E-state index contributed by atoms with van der Waals surface area (Å²) in [6.45, 7) is 0.260. The van der Waals surface area contributed by atoms with Crippen molar-refractivity contribution >= 4 is 49.2 Å². The van der Waals surface area contributed by atoms with Gasteiger partial charge in [0.1, 0.15) is 0 Å². The van der Waals surface area contributed by atoms with Crippen molar-refractivity contribution in [3.05, 3.63) is 62.5 Å². The van der Waals surface area contributed by atoms with Crippen LogP contribution in [0.15, 0.2) is 51.8 Å². The van der Waals surface area contributed by atoms with Crippen molar-refractivity contribution in [2.45, 2.75) is 11.3 Å². The molecule has 0 saturated carbocycles. The van der Waals surface area contributed by atoms with Gasteiger partial charge in [-0.25, -0.2) is 13.1 Å². The van der Waals surface area contributed by atoms with Crippen LogP contribution in [0, 0.1) is 0 Å². The first-order valence-electron chi connectivity index (χ1n) is 6.08. The molecule has 21 heavy (non-hydrogen) atoms. The number of sulfonamides is 1. The molecule has 0 radical (unpaired) electrons. The van der Waals surface area contributed by atoms with Crippen molar-refractivity contribution in [1.29, 1.82) is 0 Å². The molecule has 0 heterocycles. The van der Waals surface area contributed by atoms with Crippen LogP contribution in [0.2, 0.25) is 10.0 Å². The Hall–Kier alpha value is -0.590. The predicted octanol–water partition coefficient (Wildman–Crippen LogP) is 4.28. The molecule has 0 atom stereocenters. The van der Waals surface area contributed by atoms with E-state index in [1.54, 1.807) is 42.5 Å². The topological polar surface area (TPSA) is 46.2 Å². The minimum Gasteiger partial charge on any atom is -0.211 e. The van der Waals surface area contributed by atoms with Gasteiger partial charge in [0.05, 0.1) is 4.90 Å². The molecule has 1 N–H and O–H groups in total. The van der Waals surface area contributed by atoms with Crippen molar-refractivity contribution < 1.29 is 8.42 Å². The van der Waals surface area contributed by atoms with Crippen molar-refractivity contribution in [3.63, 3.8) is 0 Å². The zero-order valence-corrected chi connectivity index (χ0v) is 14.7. The number of nitrogens with one attached hydrogen (secondary N) is 1. The highest BCUT2D eigenvalue weighted by Crippen LogP contribution is 2.21. The third-order valence-electron chi connectivity index (χ3n) is 2.81. The Bertz CT molecular complexity index is 750. The Balaban J connectivity index is 2.02. The summed E-state index contributed by atoms with van der Waals surface area (Å²) in [5.74, 6) is 0. The number of halogens is 3. The zero-order valence-electron chi connectivity index (χ0n) is 10.8. The van der Waals surface area contributed by atoms with Crippen LogP contribution in [-0.2, 0) is 16.4 Å². The second-order valence-electron chi connectivity index (χ2n) is 4.34. The molecule has 2 rings (SSSR count). The molecule has 2 aromatic carbocycles. The molecule has 0 aliphatic carbocycles. The molecule has 3 nitrogen and oxygen atoms in total. The van der Waals surface area contributed by atoms with Crippen LogP contribution in [0.3, 0.4) is 0 Å². The maximum absolute atomic E-state index is 12.1. The molecular weight excluding hydrogens is 397 g/mol. The second-order valence-corrected chi connectivity index (χ2v) is 7.87. The molecule has 0 spiro atoms. The first-order valence-corrected chi connectivity index (χ1v) is 9.11. The van der Waals surface area contributed by atoms with Gasteiger partial charge in [-0.15, -0.1) is 0 Å². The van der Waals surface area contributed by atoms with E-state index < -0.39 is 10.0 Å². The fraction of sp³-hybridized carbons (Fsp3) is 0.143. The van der Waals surface area contributed by atoms with Gasteiger partial charge >= 0.3 is 0 Å². The summed E-state index contributed by atoms with van der Waals surface area (Å²) in [5.41, 5.74) is 0.845. The van der Waals surface area contributed by atoms with E-state index in [-0.39, 0.29) is 11.4 Å². The van der Waals surface area contributed by atoms with Crippen molar-refractivity contribution in [3.8, 4) is 0 Å². The molecule has 2 aromatic rings. The third kappa shape index (κ3) is 4.69. The lowest BCUT2D eigenvalue weighted by atomic mass is 10.1. The van der Waals surface area contributed by atoms with E-state index in [1.807, 2.05) is 0 Å². The molecule has 0 amide bonds. The minimum atomic E-state index is -3.52. The van der Waals surface area contributed by atoms with Gasteiger partial charge in [0.2, 0.25) is 10.0 Å². The number of hydrogen-bond donors (Lipinski definition) is 1. The number of hydrogen-bond acceptors (Lipinski definition) is 2. The van der Waals surface area contributed by atoms with Gasteiger partial charge in [-0.1, -0.05) is 51.3 Å². The highest BCUT2D eigenvalue weighted by Gasteiger charge is 2.13. The van der Waals surface area contributed by atoms with E-state index >= 15 is 0 Å². The van der Waals surface area contributed by atoms with Crippen LogP contribution >= 0.6 is 39.1 Å². The van der Waals surface area contributed by atoms with Gasteiger partial charge in [-0.05, 0) is 42.3 Å². The Morgan fingerprint density at radius 2 is 1.86 bits per heavy atom. The summed E-state index contributed by atoms with van der Waals surface area (Å²) in [4.78, 5) is 0.221. The molecule has 0 saturated heterocycles. The second kappa shape index (κ2) is 7.11. The van der Waals surface area contributed by atoms with Gasteiger partial charge in [-0.3, -0.25) is 0 Å². The molecular formula is C14H12BrCl2NO2S. The Morgan fingerprint density at radius 1 is 1.10 bits per heavy atom. The summed E-state index contributed by atoms with van der Waals surface area (Å²) >= 11 is 15.1. The van der Waals surface area contributed by atoms with E-state index in [0.29, 0.717) is 20.9 Å². The largest absolute Gasteiger partial charge is 0.240 e. The minimum absolute atomic E-state index is 0.221. The SMILES string of the molecule is O=S(=O)(NCCc1ccc(Cl)cc1Cl)c1cccc(Br)c1. The van der Waals surface area contributed by atoms with Crippen LogP contribution in [0.5, 0.6) is 0 Å². The highest BCUT2D eigenvalue weighted by molar-refractivity contribution is 9.10. The molecule has 0 aliphatic heterocycles. The zero-order chi connectivity index (χ0) is 15.5. The smallest absolute Gasteiger partial charge is 0.211 e. The maximum atomic E-state index is 12.1. The average Bonchev–Trinajstić information content (AvgIpc) is 2.41. The summed E-state index contributed by atoms with van der Waals surface area (Å²) in [5, 5.41) is 1.09. The van der Waals surface area contributed by atoms with Gasteiger partial charge in [0.15, 0.2) is 0 Å². The highest BCUT2D eigenvalue weighted by atomic mass is 79.9. The van der Waals surface area contributed by atoms with E-state index in [0.717, 1.165) is 5.56 Å². The predicted molar refractivity (Wildman–Crippen MR) is 89.5 cm³/mol. The summed E-state index contributed by atoms with van der Waals surface area (Å²) < 4.78 is 27.5. The van der Waals surface area contributed by atoms with Crippen LogP contribution in [-0.4, -0.2) is 15.0 Å². The van der Waals surface area contributed by atoms with E-state index in [1.165, 1.54) is 0 Å². The standard InChI is InChI=1S/C14H12BrCl2NO2S/c15-11-2-1-3-13(8-11)21(19,20)18-7-6-10-4-5-12(16)9-14(10)17/h1-5,8-9,18H,6-7H2. The molecule has 112 valence electrons. The van der Waals surface area contributed by atoms with E-state index in [9.17, 15) is 8.42 Å². The Morgan fingerprint density at radius 3 is 2.52 bits per heavy atom.